The van der Waals surface area contributed by atoms with Crippen molar-refractivity contribution in [2.75, 3.05) is 13.7 Å². The smallest absolute Gasteiger partial charge is 0.309 e. The number of ether oxygens (including phenoxy) is 1. The molecule has 2 aromatic rings. The molecule has 0 aromatic carbocycles. The Kier molecular flexibility index (Phi) is 6.11. The molecule has 22 heavy (non-hydrogen) atoms. The van der Waals surface area contributed by atoms with Crippen LogP contribution in [0.5, 0.6) is 0 Å². The largest absolute Gasteiger partial charge is 0.374 e. The minimum absolute atomic E-state index is 0.243. The Morgan fingerprint density at radius 3 is 2.59 bits per heavy atom. The van der Waals surface area contributed by atoms with Gasteiger partial charge in [0.2, 0.25) is 0 Å². The highest BCUT2D eigenvalue weighted by atomic mass is 32.1. The number of hydrogen-bond acceptors (Lipinski definition) is 5. The molecule has 118 valence electrons. The fourth-order valence-electron chi connectivity index (χ4n) is 1.85. The van der Waals surface area contributed by atoms with Crippen LogP contribution >= 0.6 is 22.7 Å². The highest BCUT2D eigenvalue weighted by molar-refractivity contribution is 7.12. The van der Waals surface area contributed by atoms with Crippen molar-refractivity contribution in [1.29, 1.82) is 0 Å². The molecular formula is C15H18N2O3S2. The van der Waals surface area contributed by atoms with Gasteiger partial charge in [-0.15, -0.1) is 22.7 Å². The number of amides is 2. The molecule has 2 N–H and O–H groups in total. The summed E-state index contributed by atoms with van der Waals surface area (Å²) in [6.45, 7) is 2.64. The van der Waals surface area contributed by atoms with Crippen molar-refractivity contribution in [3.8, 4) is 0 Å². The number of rotatable bonds is 6. The van der Waals surface area contributed by atoms with Crippen LogP contribution in [0.15, 0.2) is 29.6 Å². The molecule has 0 aliphatic carbocycles. The number of thiophene rings is 2. The zero-order chi connectivity index (χ0) is 15.9. The van der Waals surface area contributed by atoms with Crippen molar-refractivity contribution in [3.05, 3.63) is 44.3 Å². The van der Waals surface area contributed by atoms with Gasteiger partial charge in [-0.1, -0.05) is 6.07 Å². The lowest BCUT2D eigenvalue weighted by atomic mass is 10.3. The van der Waals surface area contributed by atoms with Crippen molar-refractivity contribution in [3.63, 3.8) is 0 Å². The molecule has 0 radical (unpaired) electrons. The molecule has 0 bridgehead atoms. The van der Waals surface area contributed by atoms with Crippen LogP contribution in [0.25, 0.3) is 0 Å². The normalized spacial score (nSPS) is 11.9. The van der Waals surface area contributed by atoms with Gasteiger partial charge in [-0.3, -0.25) is 9.59 Å². The third kappa shape index (κ3) is 4.66. The molecule has 0 unspecified atom stereocenters. The van der Waals surface area contributed by atoms with Gasteiger partial charge in [0.25, 0.3) is 0 Å². The molecule has 0 spiro atoms. The van der Waals surface area contributed by atoms with Crippen LogP contribution in [0, 0.1) is 6.92 Å². The van der Waals surface area contributed by atoms with Crippen LogP contribution in [0.4, 0.5) is 0 Å². The molecule has 1 atom stereocenters. The first-order valence-corrected chi connectivity index (χ1v) is 8.47. The summed E-state index contributed by atoms with van der Waals surface area (Å²) < 4.78 is 5.36. The first-order chi connectivity index (χ1) is 10.6. The van der Waals surface area contributed by atoms with Gasteiger partial charge in [-0.25, -0.2) is 0 Å². The summed E-state index contributed by atoms with van der Waals surface area (Å²) in [7, 11) is 1.59. The van der Waals surface area contributed by atoms with Gasteiger partial charge < -0.3 is 15.4 Å². The molecule has 0 saturated carbocycles. The predicted octanol–water partition coefficient (Wildman–Crippen LogP) is 2.24. The van der Waals surface area contributed by atoms with Crippen molar-refractivity contribution in [2.45, 2.75) is 19.6 Å². The third-order valence-electron chi connectivity index (χ3n) is 3.02. The number of carbonyl (C=O) groups excluding carboxylic acids is 2. The Balaban J connectivity index is 1.79. The average molecular weight is 338 g/mol. The second-order valence-electron chi connectivity index (χ2n) is 4.64. The molecule has 0 aliphatic heterocycles. The second-order valence-corrected chi connectivity index (χ2v) is 7.00. The van der Waals surface area contributed by atoms with Crippen molar-refractivity contribution in [2.24, 2.45) is 0 Å². The highest BCUT2D eigenvalue weighted by Gasteiger charge is 2.17. The molecule has 0 saturated heterocycles. The van der Waals surface area contributed by atoms with Gasteiger partial charge in [0, 0.05) is 28.3 Å². The maximum atomic E-state index is 11.8. The van der Waals surface area contributed by atoms with Gasteiger partial charge in [-0.05, 0) is 30.5 Å². The summed E-state index contributed by atoms with van der Waals surface area (Å²) in [6, 6.07) is 7.78. The van der Waals surface area contributed by atoms with E-state index < -0.39 is 11.8 Å². The molecule has 5 nitrogen and oxygen atoms in total. The van der Waals surface area contributed by atoms with E-state index >= 15 is 0 Å². The summed E-state index contributed by atoms with van der Waals surface area (Å²) in [5.74, 6) is -1.28. The topological polar surface area (TPSA) is 67.4 Å². The highest BCUT2D eigenvalue weighted by Crippen LogP contribution is 2.24. The van der Waals surface area contributed by atoms with Crippen LogP contribution in [-0.4, -0.2) is 25.5 Å². The second kappa shape index (κ2) is 8.07. The SMILES string of the molecule is CO[C@H](CNC(=O)C(=O)NCc1cccs1)c1ccc(C)s1. The van der Waals surface area contributed by atoms with Gasteiger partial charge in [-0.2, -0.15) is 0 Å². The van der Waals surface area contributed by atoms with Crippen LogP contribution in [-0.2, 0) is 20.9 Å². The summed E-state index contributed by atoms with van der Waals surface area (Å²) in [5.41, 5.74) is 0. The third-order valence-corrected chi connectivity index (χ3v) is 4.99. The molecule has 2 aromatic heterocycles. The van der Waals surface area contributed by atoms with E-state index in [1.54, 1.807) is 18.4 Å². The van der Waals surface area contributed by atoms with E-state index in [1.807, 2.05) is 36.6 Å². The molecular weight excluding hydrogens is 320 g/mol. The van der Waals surface area contributed by atoms with E-state index in [0.717, 1.165) is 9.75 Å². The van der Waals surface area contributed by atoms with Gasteiger partial charge >= 0.3 is 11.8 Å². The lowest BCUT2D eigenvalue weighted by Crippen LogP contribution is -2.41. The Morgan fingerprint density at radius 1 is 1.23 bits per heavy atom. The number of nitrogens with one attached hydrogen (secondary N) is 2. The minimum Gasteiger partial charge on any atom is -0.374 e. The number of methoxy groups -OCH3 is 1. The Hall–Kier alpha value is -1.70. The van der Waals surface area contributed by atoms with E-state index in [9.17, 15) is 9.59 Å². The number of hydrogen-bond donors (Lipinski definition) is 2. The first-order valence-electron chi connectivity index (χ1n) is 6.77. The quantitative estimate of drug-likeness (QED) is 0.794. The summed E-state index contributed by atoms with van der Waals surface area (Å²) in [6.07, 6.45) is -0.243. The Morgan fingerprint density at radius 2 is 2.00 bits per heavy atom. The first kappa shape index (κ1) is 16.7. The van der Waals surface area contributed by atoms with Gasteiger partial charge in [0.1, 0.15) is 6.10 Å². The number of carbonyl (C=O) groups is 2. The van der Waals surface area contributed by atoms with E-state index in [2.05, 4.69) is 10.6 Å². The summed E-state index contributed by atoms with van der Waals surface area (Å²) >= 11 is 3.15. The number of aryl methyl sites for hydroxylation is 1. The van der Waals surface area contributed by atoms with E-state index in [-0.39, 0.29) is 12.6 Å². The fourth-order valence-corrected chi connectivity index (χ4v) is 3.45. The molecule has 7 heteroatoms. The van der Waals surface area contributed by atoms with Crippen LogP contribution < -0.4 is 10.6 Å². The lowest BCUT2D eigenvalue weighted by molar-refractivity contribution is -0.139. The zero-order valence-electron chi connectivity index (χ0n) is 12.4. The Labute approximate surface area is 137 Å². The van der Waals surface area contributed by atoms with Crippen molar-refractivity contribution in [1.82, 2.24) is 10.6 Å². The summed E-state index contributed by atoms with van der Waals surface area (Å²) in [5, 5.41) is 7.12. The maximum Gasteiger partial charge on any atom is 0.309 e. The monoisotopic (exact) mass is 338 g/mol. The van der Waals surface area contributed by atoms with Crippen LogP contribution in [0.2, 0.25) is 0 Å². The molecule has 0 fully saturated rings. The molecule has 2 heterocycles. The maximum absolute atomic E-state index is 11.8. The molecule has 0 aliphatic rings. The van der Waals surface area contributed by atoms with E-state index in [4.69, 9.17) is 4.74 Å². The molecule has 2 amide bonds. The van der Waals surface area contributed by atoms with Gasteiger partial charge in [0.15, 0.2) is 0 Å². The van der Waals surface area contributed by atoms with Crippen molar-refractivity contribution >= 4 is 34.5 Å². The lowest BCUT2D eigenvalue weighted by Gasteiger charge is -2.14. The average Bonchev–Trinajstić information content (AvgIpc) is 3.17. The van der Waals surface area contributed by atoms with Crippen LogP contribution in [0.1, 0.15) is 20.7 Å². The fraction of sp³-hybridized carbons (Fsp3) is 0.333. The van der Waals surface area contributed by atoms with E-state index in [0.29, 0.717) is 6.54 Å². The predicted molar refractivity (Wildman–Crippen MR) is 88.0 cm³/mol. The standard InChI is InChI=1S/C15H18N2O3S2/c1-10-5-6-13(22-10)12(20-2)9-17-15(19)14(18)16-8-11-4-3-7-21-11/h3-7,12H,8-9H2,1-2H3,(H,16,18)(H,17,19)/t12-/m1/s1. The minimum atomic E-state index is -0.646. The Bertz CT molecular complexity index is 623. The van der Waals surface area contributed by atoms with Crippen molar-refractivity contribution < 1.29 is 14.3 Å². The van der Waals surface area contributed by atoms with Crippen LogP contribution in [0.3, 0.4) is 0 Å². The summed E-state index contributed by atoms with van der Waals surface area (Å²) in [4.78, 5) is 26.7. The van der Waals surface area contributed by atoms with Gasteiger partial charge in [0.05, 0.1) is 6.54 Å². The zero-order valence-corrected chi connectivity index (χ0v) is 14.1. The van der Waals surface area contributed by atoms with E-state index in [1.165, 1.54) is 16.2 Å². The molecule has 2 rings (SSSR count).